The van der Waals surface area contributed by atoms with E-state index in [2.05, 4.69) is 11.1 Å². The van der Waals surface area contributed by atoms with Crippen LogP contribution < -0.4 is 4.74 Å². The molecule has 3 aromatic carbocycles. The van der Waals surface area contributed by atoms with Gasteiger partial charge in [-0.3, -0.25) is 4.98 Å². The third kappa shape index (κ3) is 4.18. The number of pyridine rings is 1. The van der Waals surface area contributed by atoms with Crippen molar-refractivity contribution in [2.75, 3.05) is 0 Å². The first-order chi connectivity index (χ1) is 13.3. The van der Waals surface area contributed by atoms with Gasteiger partial charge in [0, 0.05) is 22.3 Å². The Hall–Kier alpha value is -3.10. The highest BCUT2D eigenvalue weighted by Gasteiger charge is 2.07. The number of ether oxygens (including phenoxy) is 1. The van der Waals surface area contributed by atoms with Crippen molar-refractivity contribution in [2.24, 2.45) is 0 Å². The maximum atomic E-state index is 5.99. The smallest absolute Gasteiger partial charge is 0.119 e. The number of benzene rings is 3. The minimum absolute atomic E-state index is 0.447. The van der Waals surface area contributed by atoms with Gasteiger partial charge in [-0.25, -0.2) is 0 Å². The number of nitrogens with zero attached hydrogens (tertiary/aromatic N) is 1. The van der Waals surface area contributed by atoms with E-state index in [1.807, 2.05) is 84.9 Å². The van der Waals surface area contributed by atoms with Gasteiger partial charge in [0.25, 0.3) is 0 Å². The molecule has 3 heteroatoms. The van der Waals surface area contributed by atoms with E-state index in [4.69, 9.17) is 16.3 Å². The zero-order chi connectivity index (χ0) is 18.5. The van der Waals surface area contributed by atoms with Gasteiger partial charge in [0.15, 0.2) is 0 Å². The average Bonchev–Trinajstić information content (AvgIpc) is 2.74. The molecule has 1 heterocycles. The maximum absolute atomic E-state index is 5.99. The summed E-state index contributed by atoms with van der Waals surface area (Å²) in [5.41, 5.74) is 5.14. The summed E-state index contributed by atoms with van der Waals surface area (Å²) in [7, 11) is 0. The lowest BCUT2D eigenvalue weighted by atomic mass is 10.1. The van der Waals surface area contributed by atoms with E-state index >= 15 is 0 Å². The van der Waals surface area contributed by atoms with Gasteiger partial charge < -0.3 is 4.74 Å². The van der Waals surface area contributed by atoms with Gasteiger partial charge in [-0.05, 0) is 47.5 Å². The van der Waals surface area contributed by atoms with Gasteiger partial charge in [-0.2, -0.15) is 0 Å². The summed E-state index contributed by atoms with van der Waals surface area (Å²) in [6.07, 6.45) is 1.79. The zero-order valence-electron chi connectivity index (χ0n) is 14.6. The Morgan fingerprint density at radius 2 is 1.59 bits per heavy atom. The van der Waals surface area contributed by atoms with E-state index in [9.17, 15) is 0 Å². The second kappa shape index (κ2) is 8.07. The van der Waals surface area contributed by atoms with Crippen LogP contribution in [0.2, 0.25) is 5.02 Å². The molecule has 0 spiro atoms. The van der Waals surface area contributed by atoms with Crippen LogP contribution >= 0.6 is 11.6 Å². The van der Waals surface area contributed by atoms with Crippen LogP contribution in [0.3, 0.4) is 0 Å². The largest absolute Gasteiger partial charge is 0.489 e. The summed E-state index contributed by atoms with van der Waals surface area (Å²) < 4.78 is 5.99. The molecule has 1 radical (unpaired) electrons. The highest BCUT2D eigenvalue weighted by Crippen LogP contribution is 2.25. The van der Waals surface area contributed by atoms with Crippen LogP contribution in [0, 0.1) is 6.07 Å². The Morgan fingerprint density at radius 1 is 0.815 bits per heavy atom. The Morgan fingerprint density at radius 3 is 2.33 bits per heavy atom. The normalized spacial score (nSPS) is 10.6. The molecular formula is C24H17ClNO. The number of rotatable bonds is 5. The lowest BCUT2D eigenvalue weighted by Crippen LogP contribution is -1.99. The first kappa shape index (κ1) is 17.3. The van der Waals surface area contributed by atoms with E-state index in [1.165, 1.54) is 0 Å². The van der Waals surface area contributed by atoms with Crippen LogP contribution in [0.15, 0.2) is 91.1 Å². The number of hydrogen-bond donors (Lipinski definition) is 0. The van der Waals surface area contributed by atoms with Gasteiger partial charge in [-0.1, -0.05) is 66.2 Å². The molecule has 131 valence electrons. The Kier molecular flexibility index (Phi) is 5.17. The van der Waals surface area contributed by atoms with Gasteiger partial charge in [0.1, 0.15) is 12.4 Å². The van der Waals surface area contributed by atoms with Crippen LogP contribution in [0.4, 0.5) is 0 Å². The molecule has 0 fully saturated rings. The molecule has 0 amide bonds. The fourth-order valence-electron chi connectivity index (χ4n) is 2.89. The predicted octanol–water partition coefficient (Wildman–Crippen LogP) is 6.45. The standard InChI is InChI=1S/C24H17ClNO/c25-22-12-8-20(9-13-22)24-21(7-4-16-26-24)17-27-23-14-10-19(11-15-23)18-5-2-1-3-6-18/h1-5,7-16H,17H2. The molecule has 0 unspecified atom stereocenters. The summed E-state index contributed by atoms with van der Waals surface area (Å²) in [5, 5.41) is 0.711. The molecule has 4 rings (SSSR count). The van der Waals surface area contributed by atoms with E-state index < -0.39 is 0 Å². The second-order valence-electron chi connectivity index (χ2n) is 6.11. The quantitative estimate of drug-likeness (QED) is 0.403. The first-order valence-electron chi connectivity index (χ1n) is 8.69. The van der Waals surface area contributed by atoms with Gasteiger partial charge in [0.05, 0.1) is 5.69 Å². The second-order valence-corrected chi connectivity index (χ2v) is 6.54. The molecule has 1 aromatic heterocycles. The van der Waals surface area contributed by atoms with Crippen molar-refractivity contribution >= 4 is 11.6 Å². The average molecular weight is 371 g/mol. The van der Waals surface area contributed by atoms with Gasteiger partial charge in [-0.15, -0.1) is 0 Å². The van der Waals surface area contributed by atoms with E-state index in [1.54, 1.807) is 6.20 Å². The van der Waals surface area contributed by atoms with E-state index in [-0.39, 0.29) is 0 Å². The summed E-state index contributed by atoms with van der Waals surface area (Å²) >= 11 is 5.99. The van der Waals surface area contributed by atoms with Crippen molar-refractivity contribution in [1.82, 2.24) is 4.98 Å². The minimum Gasteiger partial charge on any atom is -0.489 e. The van der Waals surface area contributed by atoms with Crippen LogP contribution in [0.5, 0.6) is 5.75 Å². The van der Waals surface area contributed by atoms with Crippen LogP contribution in [-0.2, 0) is 6.61 Å². The van der Waals surface area contributed by atoms with E-state index in [0.29, 0.717) is 11.6 Å². The van der Waals surface area contributed by atoms with Gasteiger partial charge in [0.2, 0.25) is 0 Å². The zero-order valence-corrected chi connectivity index (χ0v) is 15.4. The summed E-state index contributed by atoms with van der Waals surface area (Å²) in [4.78, 5) is 4.52. The SMILES string of the molecule is Clc1ccc(-c2ncccc2COc2ccc(-c3[c]cccc3)cc2)cc1. The van der Waals surface area contributed by atoms with Crippen molar-refractivity contribution in [3.05, 3.63) is 108 Å². The molecule has 0 saturated carbocycles. The van der Waals surface area contributed by atoms with Crippen LogP contribution in [0.1, 0.15) is 5.56 Å². The Bertz CT molecular complexity index is 1010. The van der Waals surface area contributed by atoms with Crippen molar-refractivity contribution in [3.8, 4) is 28.1 Å². The number of hydrogen-bond acceptors (Lipinski definition) is 2. The first-order valence-corrected chi connectivity index (χ1v) is 9.07. The van der Waals surface area contributed by atoms with Crippen LogP contribution in [-0.4, -0.2) is 4.98 Å². The fraction of sp³-hybridized carbons (Fsp3) is 0.0417. The molecule has 0 aliphatic rings. The molecule has 0 atom stereocenters. The highest BCUT2D eigenvalue weighted by atomic mass is 35.5. The molecule has 2 nitrogen and oxygen atoms in total. The third-order valence-corrected chi connectivity index (χ3v) is 4.53. The van der Waals surface area contributed by atoms with Crippen molar-refractivity contribution in [3.63, 3.8) is 0 Å². The van der Waals surface area contributed by atoms with Crippen molar-refractivity contribution in [2.45, 2.75) is 6.61 Å². The number of halogens is 1. The van der Waals surface area contributed by atoms with Crippen LogP contribution in [0.25, 0.3) is 22.4 Å². The van der Waals surface area contributed by atoms with Crippen molar-refractivity contribution < 1.29 is 4.74 Å². The molecule has 4 aromatic rings. The highest BCUT2D eigenvalue weighted by molar-refractivity contribution is 6.30. The number of aromatic nitrogens is 1. The molecule has 27 heavy (non-hydrogen) atoms. The fourth-order valence-corrected chi connectivity index (χ4v) is 3.01. The maximum Gasteiger partial charge on any atom is 0.119 e. The Balaban J connectivity index is 1.50. The molecule has 0 saturated heterocycles. The monoisotopic (exact) mass is 370 g/mol. The minimum atomic E-state index is 0.447. The van der Waals surface area contributed by atoms with Crippen molar-refractivity contribution in [1.29, 1.82) is 0 Å². The topological polar surface area (TPSA) is 22.1 Å². The van der Waals surface area contributed by atoms with Gasteiger partial charge >= 0.3 is 0 Å². The predicted molar refractivity (Wildman–Crippen MR) is 110 cm³/mol. The lowest BCUT2D eigenvalue weighted by molar-refractivity contribution is 0.306. The lowest BCUT2D eigenvalue weighted by Gasteiger charge is -2.11. The molecule has 0 aliphatic carbocycles. The molecule has 0 aliphatic heterocycles. The molecule has 0 N–H and O–H groups in total. The summed E-state index contributed by atoms with van der Waals surface area (Å²) in [6, 6.07) is 30.9. The third-order valence-electron chi connectivity index (χ3n) is 4.28. The van der Waals surface area contributed by atoms with E-state index in [0.717, 1.165) is 33.7 Å². The molecule has 0 bridgehead atoms. The Labute approximate surface area is 164 Å². The molecular weight excluding hydrogens is 354 g/mol. The summed E-state index contributed by atoms with van der Waals surface area (Å²) in [5.74, 6) is 0.820. The summed E-state index contributed by atoms with van der Waals surface area (Å²) in [6.45, 7) is 0.447.